The normalized spacial score (nSPS) is 21.7. The van der Waals surface area contributed by atoms with Crippen LogP contribution >= 0.6 is 11.6 Å². The Hall–Kier alpha value is -2.69. The molecule has 4 N–H and O–H groups in total. The molecule has 0 aromatic heterocycles. The summed E-state index contributed by atoms with van der Waals surface area (Å²) in [5, 5.41) is 20.2. The third-order valence-corrected chi connectivity index (χ3v) is 5.39. The van der Waals surface area contributed by atoms with E-state index in [0.717, 1.165) is 22.3 Å². The van der Waals surface area contributed by atoms with Crippen molar-refractivity contribution in [2.24, 2.45) is 15.7 Å². The molecule has 0 radical (unpaired) electrons. The zero-order valence-corrected chi connectivity index (χ0v) is 18.1. The van der Waals surface area contributed by atoms with Crippen LogP contribution in [0, 0.1) is 11.8 Å². The number of aliphatic imine (C=N–C) groups is 2. The van der Waals surface area contributed by atoms with E-state index in [2.05, 4.69) is 21.8 Å². The van der Waals surface area contributed by atoms with Crippen molar-refractivity contribution in [1.82, 2.24) is 0 Å². The minimum absolute atomic E-state index is 0.104. The maximum atomic E-state index is 10.1. The lowest BCUT2D eigenvalue weighted by molar-refractivity contribution is -0.113. The van der Waals surface area contributed by atoms with E-state index in [9.17, 15) is 10.2 Å². The molecule has 2 aromatic rings. The zero-order valence-electron chi connectivity index (χ0n) is 17.3. The predicted molar refractivity (Wildman–Crippen MR) is 124 cm³/mol. The van der Waals surface area contributed by atoms with Gasteiger partial charge in [-0.3, -0.25) is 4.99 Å². The number of amidine groups is 1. The molecule has 0 bridgehead atoms. The van der Waals surface area contributed by atoms with Crippen molar-refractivity contribution in [2.45, 2.75) is 37.6 Å². The standard InChI is InChI=1S/C24H26ClN3O3/c1-27-15-28-24(26)9-6-16-2-4-17(5-3-16)10-19-11-18(7-8-22(19)25)23-13-20(30)12-21(14-29)31-23/h2-5,7-8,11,15,20-21,23,29-30H,10,12-14H2,1H3,(H2,26,27,28)/t20-,21-,23+/m0/s1. The summed E-state index contributed by atoms with van der Waals surface area (Å²) < 4.78 is 5.93. The van der Waals surface area contributed by atoms with Crippen LogP contribution in [-0.2, 0) is 11.2 Å². The van der Waals surface area contributed by atoms with Crippen LogP contribution in [0.4, 0.5) is 0 Å². The molecule has 3 atom stereocenters. The molecule has 1 aliphatic heterocycles. The Balaban J connectivity index is 1.73. The van der Waals surface area contributed by atoms with Crippen LogP contribution in [0.3, 0.4) is 0 Å². The summed E-state index contributed by atoms with van der Waals surface area (Å²) in [6, 6.07) is 13.6. The summed E-state index contributed by atoms with van der Waals surface area (Å²) in [6.07, 6.45) is 1.85. The summed E-state index contributed by atoms with van der Waals surface area (Å²) in [7, 11) is 1.61. The van der Waals surface area contributed by atoms with Gasteiger partial charge in [-0.05, 0) is 47.2 Å². The van der Waals surface area contributed by atoms with Crippen LogP contribution in [-0.4, -0.2) is 48.2 Å². The zero-order chi connectivity index (χ0) is 22.2. The minimum Gasteiger partial charge on any atom is -0.394 e. The Bertz CT molecular complexity index is 1010. The Kier molecular flexibility index (Phi) is 8.21. The molecule has 0 aliphatic carbocycles. The molecule has 0 amide bonds. The van der Waals surface area contributed by atoms with Gasteiger partial charge in [-0.25, -0.2) is 4.99 Å². The molecule has 1 aliphatic rings. The third kappa shape index (κ3) is 6.65. The van der Waals surface area contributed by atoms with Crippen LogP contribution in [0.1, 0.15) is 41.2 Å². The predicted octanol–water partition coefficient (Wildman–Crippen LogP) is 2.87. The second kappa shape index (κ2) is 11.1. The molecular weight excluding hydrogens is 414 g/mol. The quantitative estimate of drug-likeness (QED) is 0.379. The molecule has 162 valence electrons. The van der Waals surface area contributed by atoms with E-state index < -0.39 is 6.10 Å². The monoisotopic (exact) mass is 439 g/mol. The van der Waals surface area contributed by atoms with Gasteiger partial charge in [0, 0.05) is 30.5 Å². The number of hydrogen-bond donors (Lipinski definition) is 3. The van der Waals surface area contributed by atoms with Crippen molar-refractivity contribution >= 4 is 23.8 Å². The number of nitrogens with zero attached hydrogens (tertiary/aromatic N) is 2. The Morgan fingerprint density at radius 3 is 2.74 bits per heavy atom. The second-order valence-electron chi connectivity index (χ2n) is 7.42. The fourth-order valence-electron chi connectivity index (χ4n) is 3.47. The molecule has 31 heavy (non-hydrogen) atoms. The van der Waals surface area contributed by atoms with Crippen molar-refractivity contribution in [2.75, 3.05) is 13.7 Å². The van der Waals surface area contributed by atoms with Crippen LogP contribution in [0.15, 0.2) is 52.4 Å². The topological polar surface area (TPSA) is 100 Å². The largest absolute Gasteiger partial charge is 0.394 e. The van der Waals surface area contributed by atoms with Gasteiger partial charge in [0.2, 0.25) is 0 Å². The summed E-state index contributed by atoms with van der Waals surface area (Å²) in [5.41, 5.74) is 9.52. The van der Waals surface area contributed by atoms with Crippen LogP contribution in [0.2, 0.25) is 5.02 Å². The Morgan fingerprint density at radius 2 is 2.03 bits per heavy atom. The van der Waals surface area contributed by atoms with Gasteiger partial charge in [-0.2, -0.15) is 0 Å². The summed E-state index contributed by atoms with van der Waals surface area (Å²) >= 11 is 6.44. The summed E-state index contributed by atoms with van der Waals surface area (Å²) in [4.78, 5) is 7.61. The molecule has 1 fully saturated rings. The molecule has 1 heterocycles. The fraction of sp³-hybridized carbons (Fsp3) is 0.333. The first-order valence-corrected chi connectivity index (χ1v) is 10.4. The molecule has 2 aromatic carbocycles. The van der Waals surface area contributed by atoms with E-state index in [1.807, 2.05) is 42.5 Å². The molecular formula is C24H26ClN3O3. The van der Waals surface area contributed by atoms with Gasteiger partial charge in [0.15, 0.2) is 5.84 Å². The highest BCUT2D eigenvalue weighted by Crippen LogP contribution is 2.33. The van der Waals surface area contributed by atoms with Gasteiger partial charge in [-0.1, -0.05) is 41.8 Å². The average Bonchev–Trinajstić information content (AvgIpc) is 2.78. The highest BCUT2D eigenvalue weighted by atomic mass is 35.5. The Labute approximate surface area is 187 Å². The molecule has 7 heteroatoms. The van der Waals surface area contributed by atoms with Crippen molar-refractivity contribution in [3.63, 3.8) is 0 Å². The van der Waals surface area contributed by atoms with Crippen molar-refractivity contribution in [3.8, 4) is 11.8 Å². The molecule has 0 unspecified atom stereocenters. The maximum Gasteiger partial charge on any atom is 0.177 e. The van der Waals surface area contributed by atoms with Crippen molar-refractivity contribution in [3.05, 3.63) is 69.7 Å². The molecule has 1 saturated heterocycles. The smallest absolute Gasteiger partial charge is 0.177 e. The molecule has 0 saturated carbocycles. The molecule has 0 spiro atoms. The van der Waals surface area contributed by atoms with E-state index >= 15 is 0 Å². The molecule has 6 nitrogen and oxygen atoms in total. The van der Waals surface area contributed by atoms with E-state index in [4.69, 9.17) is 22.1 Å². The molecule has 3 rings (SSSR count). The first kappa shape index (κ1) is 23.0. The number of ether oxygens (including phenoxy) is 1. The lowest BCUT2D eigenvalue weighted by atomic mass is 9.94. The summed E-state index contributed by atoms with van der Waals surface area (Å²) in [6.45, 7) is -0.104. The number of halogens is 1. The van der Waals surface area contributed by atoms with Gasteiger partial charge < -0.3 is 20.7 Å². The lowest BCUT2D eigenvalue weighted by Crippen LogP contribution is -2.33. The number of aliphatic hydroxyl groups excluding tert-OH is 2. The van der Waals surface area contributed by atoms with E-state index in [1.165, 1.54) is 6.34 Å². The SMILES string of the molecule is CN=CN=C(N)C#Cc1ccc(Cc2cc([C@H]3C[C@@H](O)C[C@@H](CO)O3)ccc2Cl)cc1. The van der Waals surface area contributed by atoms with Gasteiger partial charge in [0.1, 0.15) is 6.34 Å². The lowest BCUT2D eigenvalue weighted by Gasteiger charge is -2.32. The first-order chi connectivity index (χ1) is 15.0. The number of aliphatic hydroxyl groups is 2. The van der Waals surface area contributed by atoms with E-state index in [0.29, 0.717) is 24.3 Å². The van der Waals surface area contributed by atoms with Crippen LogP contribution < -0.4 is 5.73 Å². The second-order valence-corrected chi connectivity index (χ2v) is 7.82. The van der Waals surface area contributed by atoms with Crippen LogP contribution in [0.25, 0.3) is 0 Å². The summed E-state index contributed by atoms with van der Waals surface area (Å²) in [5.74, 6) is 5.95. The highest BCUT2D eigenvalue weighted by molar-refractivity contribution is 6.31. The van der Waals surface area contributed by atoms with Gasteiger partial charge in [-0.15, -0.1) is 0 Å². The average molecular weight is 440 g/mol. The van der Waals surface area contributed by atoms with Crippen LogP contribution in [0.5, 0.6) is 0 Å². The maximum absolute atomic E-state index is 10.1. The highest BCUT2D eigenvalue weighted by Gasteiger charge is 2.29. The van der Waals surface area contributed by atoms with Gasteiger partial charge in [0.25, 0.3) is 0 Å². The van der Waals surface area contributed by atoms with Crippen molar-refractivity contribution < 1.29 is 14.9 Å². The minimum atomic E-state index is -0.489. The fourth-order valence-corrected chi connectivity index (χ4v) is 3.65. The number of hydrogen-bond acceptors (Lipinski definition) is 4. The van der Waals surface area contributed by atoms with Gasteiger partial charge >= 0.3 is 0 Å². The Morgan fingerprint density at radius 1 is 1.26 bits per heavy atom. The number of rotatable bonds is 5. The van der Waals surface area contributed by atoms with Gasteiger partial charge in [0.05, 0.1) is 24.9 Å². The van der Waals surface area contributed by atoms with E-state index in [1.54, 1.807) is 7.05 Å². The van der Waals surface area contributed by atoms with E-state index in [-0.39, 0.29) is 24.7 Å². The number of benzene rings is 2. The first-order valence-electron chi connectivity index (χ1n) is 10.1. The third-order valence-electron chi connectivity index (χ3n) is 5.02. The van der Waals surface area contributed by atoms with Crippen molar-refractivity contribution in [1.29, 1.82) is 0 Å². The number of nitrogens with two attached hydrogens (primary N) is 1.